The molecule has 134 valence electrons. The minimum Gasteiger partial charge on any atom is -0.355 e. The standard InChI is InChI=1S/C14H26N4O2S2.HI/c1-5-18(6-2)22(19,20)10-9-16-14(15-4)17-11-13-8-7-12(3)21-13;/h7-8H,5-6,9-11H2,1-4H3,(H2,15,16,17);1H. The molecule has 1 aromatic heterocycles. The maximum absolute atomic E-state index is 12.1. The Morgan fingerprint density at radius 1 is 1.26 bits per heavy atom. The summed E-state index contributed by atoms with van der Waals surface area (Å²) >= 11 is 1.73. The number of thiophene rings is 1. The summed E-state index contributed by atoms with van der Waals surface area (Å²) in [5, 5.41) is 6.23. The number of hydrogen-bond donors (Lipinski definition) is 2. The fourth-order valence-electron chi connectivity index (χ4n) is 2.02. The molecular formula is C14H27IN4O2S2. The highest BCUT2D eigenvalue weighted by Crippen LogP contribution is 2.14. The Hall–Kier alpha value is -0.390. The lowest BCUT2D eigenvalue weighted by Crippen LogP contribution is -2.41. The summed E-state index contributed by atoms with van der Waals surface area (Å²) in [5.41, 5.74) is 0. The van der Waals surface area contributed by atoms with Gasteiger partial charge in [-0.15, -0.1) is 35.3 Å². The quantitative estimate of drug-likeness (QED) is 0.344. The van der Waals surface area contributed by atoms with E-state index in [2.05, 4.69) is 34.7 Å². The van der Waals surface area contributed by atoms with E-state index in [1.54, 1.807) is 18.4 Å². The SMILES string of the molecule is CCN(CC)S(=O)(=O)CCNC(=NC)NCc1ccc(C)s1.I. The average Bonchev–Trinajstić information content (AvgIpc) is 2.89. The van der Waals surface area contributed by atoms with E-state index >= 15 is 0 Å². The van der Waals surface area contributed by atoms with Crippen LogP contribution in [0, 0.1) is 6.92 Å². The summed E-state index contributed by atoms with van der Waals surface area (Å²) in [6.45, 7) is 7.78. The van der Waals surface area contributed by atoms with E-state index < -0.39 is 10.0 Å². The van der Waals surface area contributed by atoms with Crippen LogP contribution in [0.4, 0.5) is 0 Å². The Balaban J connectivity index is 0.00000484. The molecule has 1 heterocycles. The molecule has 0 atom stereocenters. The Morgan fingerprint density at radius 2 is 1.91 bits per heavy atom. The second-order valence-electron chi connectivity index (χ2n) is 4.77. The third-order valence-electron chi connectivity index (χ3n) is 3.20. The van der Waals surface area contributed by atoms with Crippen molar-refractivity contribution in [3.63, 3.8) is 0 Å². The van der Waals surface area contributed by atoms with Crippen molar-refractivity contribution in [2.75, 3.05) is 32.4 Å². The molecule has 2 N–H and O–H groups in total. The molecule has 0 fully saturated rings. The van der Waals surface area contributed by atoms with Crippen LogP contribution in [0.1, 0.15) is 23.6 Å². The third kappa shape index (κ3) is 7.81. The van der Waals surface area contributed by atoms with E-state index in [-0.39, 0.29) is 29.7 Å². The van der Waals surface area contributed by atoms with Crippen molar-refractivity contribution in [1.82, 2.24) is 14.9 Å². The molecule has 0 radical (unpaired) electrons. The van der Waals surface area contributed by atoms with Crippen molar-refractivity contribution in [1.29, 1.82) is 0 Å². The molecule has 0 spiro atoms. The molecule has 6 nitrogen and oxygen atoms in total. The second kappa shape index (κ2) is 11.2. The van der Waals surface area contributed by atoms with Gasteiger partial charge in [-0.1, -0.05) is 13.8 Å². The number of nitrogens with zero attached hydrogens (tertiary/aromatic N) is 2. The van der Waals surface area contributed by atoms with E-state index in [9.17, 15) is 8.42 Å². The number of halogens is 1. The fraction of sp³-hybridized carbons (Fsp3) is 0.643. The maximum atomic E-state index is 12.1. The summed E-state index contributed by atoms with van der Waals surface area (Å²) in [6, 6.07) is 4.15. The van der Waals surface area contributed by atoms with Gasteiger partial charge < -0.3 is 10.6 Å². The van der Waals surface area contributed by atoms with E-state index in [4.69, 9.17) is 0 Å². The normalized spacial score (nSPS) is 12.1. The zero-order valence-corrected chi connectivity index (χ0v) is 18.1. The predicted molar refractivity (Wildman–Crippen MR) is 109 cm³/mol. The lowest BCUT2D eigenvalue weighted by molar-refractivity contribution is 0.445. The van der Waals surface area contributed by atoms with Gasteiger partial charge in [0.1, 0.15) is 0 Å². The van der Waals surface area contributed by atoms with E-state index in [1.165, 1.54) is 14.1 Å². The predicted octanol–water partition coefficient (Wildman–Crippen LogP) is 2.01. The number of nitrogens with one attached hydrogen (secondary N) is 2. The molecule has 0 aliphatic carbocycles. The van der Waals surface area contributed by atoms with E-state index in [0.29, 0.717) is 32.1 Å². The first-order valence-electron chi connectivity index (χ1n) is 7.40. The van der Waals surface area contributed by atoms with Crippen molar-refractivity contribution in [2.24, 2.45) is 4.99 Å². The molecule has 0 saturated carbocycles. The maximum Gasteiger partial charge on any atom is 0.215 e. The van der Waals surface area contributed by atoms with Gasteiger partial charge in [0.2, 0.25) is 10.0 Å². The first-order valence-corrected chi connectivity index (χ1v) is 9.83. The van der Waals surface area contributed by atoms with Gasteiger partial charge in [-0.05, 0) is 19.1 Å². The van der Waals surface area contributed by atoms with Crippen molar-refractivity contribution >= 4 is 51.3 Å². The molecule has 0 saturated heterocycles. The van der Waals surface area contributed by atoms with Crippen molar-refractivity contribution in [2.45, 2.75) is 27.3 Å². The molecule has 0 bridgehead atoms. The highest BCUT2D eigenvalue weighted by atomic mass is 127. The van der Waals surface area contributed by atoms with Gasteiger partial charge in [-0.3, -0.25) is 4.99 Å². The van der Waals surface area contributed by atoms with Crippen LogP contribution >= 0.6 is 35.3 Å². The van der Waals surface area contributed by atoms with Crippen LogP contribution in [0.15, 0.2) is 17.1 Å². The van der Waals surface area contributed by atoms with Gasteiger partial charge in [-0.2, -0.15) is 0 Å². The number of hydrogen-bond acceptors (Lipinski definition) is 4. The molecule has 9 heteroatoms. The lowest BCUT2D eigenvalue weighted by atomic mass is 10.4. The number of sulfonamides is 1. The monoisotopic (exact) mass is 474 g/mol. The second-order valence-corrected chi connectivity index (χ2v) is 8.23. The highest BCUT2D eigenvalue weighted by molar-refractivity contribution is 14.0. The van der Waals surface area contributed by atoms with Crippen molar-refractivity contribution < 1.29 is 8.42 Å². The summed E-state index contributed by atoms with van der Waals surface area (Å²) in [6.07, 6.45) is 0. The van der Waals surface area contributed by atoms with Crippen LogP contribution in [-0.4, -0.2) is 51.1 Å². The summed E-state index contributed by atoms with van der Waals surface area (Å²) in [7, 11) is -1.53. The minimum atomic E-state index is -3.20. The first-order chi connectivity index (χ1) is 10.4. The number of aliphatic imine (C=N–C) groups is 1. The van der Waals surface area contributed by atoms with Gasteiger partial charge in [-0.25, -0.2) is 12.7 Å². The fourth-order valence-corrected chi connectivity index (χ4v) is 4.25. The van der Waals surface area contributed by atoms with Crippen LogP contribution < -0.4 is 10.6 Å². The van der Waals surface area contributed by atoms with Crippen LogP contribution in [0.2, 0.25) is 0 Å². The molecule has 1 aromatic rings. The molecule has 0 unspecified atom stereocenters. The van der Waals surface area contributed by atoms with Gasteiger partial charge in [0.15, 0.2) is 5.96 Å². The number of rotatable bonds is 8. The molecule has 0 amide bonds. The first kappa shape index (κ1) is 22.6. The summed E-state index contributed by atoms with van der Waals surface area (Å²) < 4.78 is 25.6. The van der Waals surface area contributed by atoms with Crippen LogP contribution in [0.3, 0.4) is 0 Å². The van der Waals surface area contributed by atoms with Gasteiger partial charge in [0.05, 0.1) is 12.3 Å². The van der Waals surface area contributed by atoms with Gasteiger partial charge >= 0.3 is 0 Å². The highest BCUT2D eigenvalue weighted by Gasteiger charge is 2.18. The Morgan fingerprint density at radius 3 is 2.39 bits per heavy atom. The van der Waals surface area contributed by atoms with Crippen LogP contribution in [0.25, 0.3) is 0 Å². The summed E-state index contributed by atoms with van der Waals surface area (Å²) in [4.78, 5) is 6.59. The lowest BCUT2D eigenvalue weighted by Gasteiger charge is -2.19. The third-order valence-corrected chi connectivity index (χ3v) is 6.22. The molecular weight excluding hydrogens is 447 g/mol. The van der Waals surface area contributed by atoms with Crippen molar-refractivity contribution in [3.8, 4) is 0 Å². The number of aryl methyl sites for hydroxylation is 1. The van der Waals surface area contributed by atoms with Crippen LogP contribution in [-0.2, 0) is 16.6 Å². The van der Waals surface area contributed by atoms with E-state index in [1.807, 2.05) is 13.8 Å². The number of guanidine groups is 1. The Bertz CT molecular complexity index is 583. The Labute approximate surface area is 160 Å². The van der Waals surface area contributed by atoms with Gasteiger partial charge in [0, 0.05) is 36.4 Å². The Kier molecular flexibility index (Phi) is 11.0. The van der Waals surface area contributed by atoms with Crippen molar-refractivity contribution in [3.05, 3.63) is 21.9 Å². The smallest absolute Gasteiger partial charge is 0.215 e. The largest absolute Gasteiger partial charge is 0.355 e. The van der Waals surface area contributed by atoms with E-state index in [0.717, 1.165) is 0 Å². The molecule has 0 aliphatic heterocycles. The zero-order valence-electron chi connectivity index (χ0n) is 14.1. The molecule has 0 aliphatic rings. The zero-order chi connectivity index (χ0) is 16.6. The average molecular weight is 474 g/mol. The minimum absolute atomic E-state index is 0. The summed E-state index contributed by atoms with van der Waals surface area (Å²) in [5.74, 6) is 0.675. The molecule has 1 rings (SSSR count). The molecule has 0 aromatic carbocycles. The topological polar surface area (TPSA) is 73.8 Å². The molecule has 23 heavy (non-hydrogen) atoms. The van der Waals surface area contributed by atoms with Gasteiger partial charge in [0.25, 0.3) is 0 Å². The van der Waals surface area contributed by atoms with Crippen LogP contribution in [0.5, 0.6) is 0 Å².